The van der Waals surface area contributed by atoms with Gasteiger partial charge in [-0.15, -0.1) is 11.6 Å². The molecule has 0 N–H and O–H groups in total. The van der Waals surface area contributed by atoms with Gasteiger partial charge in [0.2, 0.25) is 0 Å². The van der Waals surface area contributed by atoms with Crippen molar-refractivity contribution in [2.24, 2.45) is 11.8 Å². The van der Waals surface area contributed by atoms with Gasteiger partial charge < -0.3 is 4.74 Å². The van der Waals surface area contributed by atoms with Gasteiger partial charge >= 0.3 is 0 Å². The van der Waals surface area contributed by atoms with Gasteiger partial charge in [-0.05, 0) is 24.7 Å². The Kier molecular flexibility index (Phi) is 9.00. The molecule has 2 heteroatoms. The first-order chi connectivity index (χ1) is 6.20. The van der Waals surface area contributed by atoms with Crippen molar-refractivity contribution >= 4 is 11.6 Å². The second kappa shape index (κ2) is 8.83. The van der Waals surface area contributed by atoms with Gasteiger partial charge in [-0.2, -0.15) is 0 Å². The fourth-order valence-electron chi connectivity index (χ4n) is 1.06. The molecule has 1 unspecified atom stereocenters. The molecule has 0 saturated heterocycles. The summed E-state index contributed by atoms with van der Waals surface area (Å²) in [4.78, 5) is 0. The molecule has 0 amide bonds. The van der Waals surface area contributed by atoms with E-state index >= 15 is 0 Å². The Morgan fingerprint density at radius 3 is 2.23 bits per heavy atom. The van der Waals surface area contributed by atoms with E-state index in [2.05, 4.69) is 20.8 Å². The first-order valence-corrected chi connectivity index (χ1v) is 5.87. The summed E-state index contributed by atoms with van der Waals surface area (Å²) in [6.45, 7) is 8.39. The standard InChI is InChI=1S/C11H23ClO/c1-4-11(9-12)6-8-13-7-5-10(2)3/h10-11H,4-9H2,1-3H3. The summed E-state index contributed by atoms with van der Waals surface area (Å²) in [7, 11) is 0. The fraction of sp³-hybridized carbons (Fsp3) is 1.00. The van der Waals surface area contributed by atoms with E-state index in [9.17, 15) is 0 Å². The van der Waals surface area contributed by atoms with E-state index < -0.39 is 0 Å². The topological polar surface area (TPSA) is 9.23 Å². The van der Waals surface area contributed by atoms with Crippen molar-refractivity contribution in [3.8, 4) is 0 Å². The van der Waals surface area contributed by atoms with Crippen LogP contribution in [0.1, 0.15) is 40.0 Å². The minimum atomic E-state index is 0.640. The highest BCUT2D eigenvalue weighted by Gasteiger charge is 2.03. The molecule has 80 valence electrons. The lowest BCUT2D eigenvalue weighted by molar-refractivity contribution is 0.112. The minimum absolute atomic E-state index is 0.640. The summed E-state index contributed by atoms with van der Waals surface area (Å²) in [6, 6.07) is 0. The Balaban J connectivity index is 3.14. The lowest BCUT2D eigenvalue weighted by Gasteiger charge is -2.11. The third kappa shape index (κ3) is 8.58. The highest BCUT2D eigenvalue weighted by molar-refractivity contribution is 6.18. The number of ether oxygens (including phenoxy) is 1. The molecule has 0 aliphatic carbocycles. The van der Waals surface area contributed by atoms with E-state index in [1.807, 2.05) is 0 Å². The molecule has 0 aromatic carbocycles. The van der Waals surface area contributed by atoms with E-state index in [1.165, 1.54) is 0 Å². The summed E-state index contributed by atoms with van der Waals surface area (Å²) in [5, 5.41) is 0. The average Bonchev–Trinajstić information content (AvgIpc) is 2.11. The summed E-state index contributed by atoms with van der Waals surface area (Å²) >= 11 is 5.78. The quantitative estimate of drug-likeness (QED) is 0.435. The molecule has 1 nitrogen and oxygen atoms in total. The van der Waals surface area contributed by atoms with Gasteiger partial charge in [0.05, 0.1) is 0 Å². The van der Waals surface area contributed by atoms with Crippen LogP contribution < -0.4 is 0 Å². The second-order valence-electron chi connectivity index (χ2n) is 4.01. The molecule has 0 bridgehead atoms. The number of hydrogen-bond donors (Lipinski definition) is 0. The van der Waals surface area contributed by atoms with Crippen LogP contribution in [-0.4, -0.2) is 19.1 Å². The van der Waals surface area contributed by atoms with Crippen molar-refractivity contribution in [3.63, 3.8) is 0 Å². The third-order valence-corrected chi connectivity index (χ3v) is 2.74. The molecule has 0 aromatic rings. The van der Waals surface area contributed by atoms with Crippen LogP contribution in [0.4, 0.5) is 0 Å². The highest BCUT2D eigenvalue weighted by Crippen LogP contribution is 2.10. The van der Waals surface area contributed by atoms with Crippen molar-refractivity contribution in [1.29, 1.82) is 0 Å². The minimum Gasteiger partial charge on any atom is -0.381 e. The molecule has 0 aromatic heterocycles. The van der Waals surface area contributed by atoms with E-state index in [-0.39, 0.29) is 0 Å². The first kappa shape index (κ1) is 13.2. The second-order valence-corrected chi connectivity index (χ2v) is 4.32. The van der Waals surface area contributed by atoms with Gasteiger partial charge in [-0.1, -0.05) is 27.2 Å². The van der Waals surface area contributed by atoms with Gasteiger partial charge in [0.1, 0.15) is 0 Å². The summed E-state index contributed by atoms with van der Waals surface area (Å²) in [5.74, 6) is 2.15. The van der Waals surface area contributed by atoms with E-state index in [0.717, 1.165) is 44.3 Å². The van der Waals surface area contributed by atoms with Crippen LogP contribution in [0.15, 0.2) is 0 Å². The predicted molar refractivity (Wildman–Crippen MR) is 59.4 cm³/mol. The van der Waals surface area contributed by atoms with Crippen molar-refractivity contribution in [2.45, 2.75) is 40.0 Å². The van der Waals surface area contributed by atoms with Crippen molar-refractivity contribution < 1.29 is 4.74 Å². The molecular weight excluding hydrogens is 184 g/mol. The molecule has 0 aliphatic heterocycles. The largest absolute Gasteiger partial charge is 0.381 e. The van der Waals surface area contributed by atoms with Crippen LogP contribution >= 0.6 is 11.6 Å². The SMILES string of the molecule is CCC(CCl)CCOCCC(C)C. The van der Waals surface area contributed by atoms with Crippen LogP contribution in [-0.2, 0) is 4.74 Å². The molecule has 0 rings (SSSR count). The monoisotopic (exact) mass is 206 g/mol. The van der Waals surface area contributed by atoms with E-state index in [1.54, 1.807) is 0 Å². The van der Waals surface area contributed by atoms with E-state index in [0.29, 0.717) is 5.92 Å². The summed E-state index contributed by atoms with van der Waals surface area (Å²) in [6.07, 6.45) is 3.44. The lowest BCUT2D eigenvalue weighted by atomic mass is 10.1. The predicted octanol–water partition coefficient (Wildman–Crippen LogP) is 3.70. The Hall–Kier alpha value is 0.250. The van der Waals surface area contributed by atoms with Gasteiger partial charge in [0.25, 0.3) is 0 Å². The number of hydrogen-bond acceptors (Lipinski definition) is 1. The molecule has 0 saturated carbocycles. The summed E-state index contributed by atoms with van der Waals surface area (Å²) < 4.78 is 5.52. The maximum absolute atomic E-state index is 5.78. The van der Waals surface area contributed by atoms with Crippen LogP contribution in [0.5, 0.6) is 0 Å². The fourth-order valence-corrected chi connectivity index (χ4v) is 1.43. The van der Waals surface area contributed by atoms with Crippen LogP contribution in [0, 0.1) is 11.8 Å². The smallest absolute Gasteiger partial charge is 0.0469 e. The lowest BCUT2D eigenvalue weighted by Crippen LogP contribution is -2.07. The Bertz CT molecular complexity index is 100. The van der Waals surface area contributed by atoms with Crippen molar-refractivity contribution in [1.82, 2.24) is 0 Å². The summed E-state index contributed by atoms with van der Waals surface area (Å²) in [5.41, 5.74) is 0. The molecule has 0 spiro atoms. The molecule has 13 heavy (non-hydrogen) atoms. The van der Waals surface area contributed by atoms with Crippen molar-refractivity contribution in [2.75, 3.05) is 19.1 Å². The van der Waals surface area contributed by atoms with Gasteiger partial charge in [-0.25, -0.2) is 0 Å². The molecule has 0 radical (unpaired) electrons. The number of halogens is 1. The van der Waals surface area contributed by atoms with Gasteiger partial charge in [0.15, 0.2) is 0 Å². The van der Waals surface area contributed by atoms with Crippen LogP contribution in [0.3, 0.4) is 0 Å². The number of rotatable bonds is 8. The van der Waals surface area contributed by atoms with E-state index in [4.69, 9.17) is 16.3 Å². The maximum Gasteiger partial charge on any atom is 0.0469 e. The Labute approximate surface area is 87.8 Å². The zero-order valence-corrected chi connectivity index (χ0v) is 9.94. The Morgan fingerprint density at radius 2 is 1.77 bits per heavy atom. The molecule has 0 aliphatic rings. The third-order valence-electron chi connectivity index (χ3n) is 2.31. The van der Waals surface area contributed by atoms with Gasteiger partial charge in [-0.3, -0.25) is 0 Å². The Morgan fingerprint density at radius 1 is 1.15 bits per heavy atom. The van der Waals surface area contributed by atoms with Crippen LogP contribution in [0.25, 0.3) is 0 Å². The van der Waals surface area contributed by atoms with Gasteiger partial charge in [0, 0.05) is 19.1 Å². The maximum atomic E-state index is 5.78. The normalized spacial score (nSPS) is 13.6. The molecular formula is C11H23ClO. The zero-order valence-electron chi connectivity index (χ0n) is 9.18. The first-order valence-electron chi connectivity index (χ1n) is 5.34. The average molecular weight is 207 g/mol. The number of alkyl halides is 1. The molecule has 0 heterocycles. The molecule has 0 fully saturated rings. The molecule has 1 atom stereocenters. The van der Waals surface area contributed by atoms with Crippen molar-refractivity contribution in [3.05, 3.63) is 0 Å². The zero-order chi connectivity index (χ0) is 10.1. The van der Waals surface area contributed by atoms with Crippen LogP contribution in [0.2, 0.25) is 0 Å². The highest BCUT2D eigenvalue weighted by atomic mass is 35.5.